The van der Waals surface area contributed by atoms with Crippen LogP contribution in [-0.4, -0.2) is 49.2 Å². The molecule has 168 valence electrons. The number of likely N-dealkylation sites (N-methyl/N-ethyl adjacent to an activating group) is 1. The van der Waals surface area contributed by atoms with Crippen molar-refractivity contribution >= 4 is 17.5 Å². The van der Waals surface area contributed by atoms with E-state index in [1.165, 1.54) is 24.3 Å². The van der Waals surface area contributed by atoms with Crippen molar-refractivity contribution in [3.63, 3.8) is 0 Å². The molecule has 8 nitrogen and oxygen atoms in total. The SMILES string of the molecule is C=CCN(C)C/C=C/COc1ccc2c(c1)CCCN2C(=O)Oc1ccc([N+](=O)[O-])cc1. The van der Waals surface area contributed by atoms with Crippen molar-refractivity contribution in [2.24, 2.45) is 0 Å². The van der Waals surface area contributed by atoms with Crippen LogP contribution in [0.15, 0.2) is 67.3 Å². The third-order valence-electron chi connectivity index (χ3n) is 5.01. The summed E-state index contributed by atoms with van der Waals surface area (Å²) in [6, 6.07) is 11.1. The van der Waals surface area contributed by atoms with Gasteiger partial charge < -0.3 is 9.47 Å². The van der Waals surface area contributed by atoms with Crippen LogP contribution in [-0.2, 0) is 6.42 Å². The van der Waals surface area contributed by atoms with E-state index >= 15 is 0 Å². The normalized spacial score (nSPS) is 13.1. The predicted octanol–water partition coefficient (Wildman–Crippen LogP) is 4.60. The van der Waals surface area contributed by atoms with Crippen LogP contribution >= 0.6 is 0 Å². The minimum absolute atomic E-state index is 0.0562. The predicted molar refractivity (Wildman–Crippen MR) is 124 cm³/mol. The molecule has 0 N–H and O–H groups in total. The highest BCUT2D eigenvalue weighted by Gasteiger charge is 2.24. The van der Waals surface area contributed by atoms with Gasteiger partial charge in [0.15, 0.2) is 0 Å². The maximum absolute atomic E-state index is 12.7. The fraction of sp³-hybridized carbons (Fsp3) is 0.292. The van der Waals surface area contributed by atoms with Gasteiger partial charge in [0.25, 0.3) is 5.69 Å². The Morgan fingerprint density at radius 3 is 2.66 bits per heavy atom. The lowest BCUT2D eigenvalue weighted by Gasteiger charge is -2.29. The number of aryl methyl sites for hydroxylation is 1. The van der Waals surface area contributed by atoms with E-state index in [9.17, 15) is 14.9 Å². The first-order chi connectivity index (χ1) is 15.5. The summed E-state index contributed by atoms with van der Waals surface area (Å²) in [5.74, 6) is 1.01. The molecule has 2 aromatic rings. The smallest absolute Gasteiger partial charge is 0.419 e. The van der Waals surface area contributed by atoms with E-state index in [0.29, 0.717) is 13.2 Å². The summed E-state index contributed by atoms with van der Waals surface area (Å²) in [4.78, 5) is 26.7. The Morgan fingerprint density at radius 2 is 1.94 bits per heavy atom. The number of rotatable bonds is 9. The number of nitro benzene ring substituents is 1. The third kappa shape index (κ3) is 6.18. The summed E-state index contributed by atoms with van der Waals surface area (Å²) < 4.78 is 11.2. The van der Waals surface area contributed by atoms with Gasteiger partial charge in [0.1, 0.15) is 18.1 Å². The monoisotopic (exact) mass is 437 g/mol. The number of hydrogen-bond acceptors (Lipinski definition) is 6. The van der Waals surface area contributed by atoms with Crippen molar-refractivity contribution < 1.29 is 19.2 Å². The fourth-order valence-electron chi connectivity index (χ4n) is 3.41. The molecule has 0 aromatic heterocycles. The number of hydrogen-bond donors (Lipinski definition) is 0. The van der Waals surface area contributed by atoms with Crippen LogP contribution in [0.4, 0.5) is 16.2 Å². The van der Waals surface area contributed by atoms with Crippen molar-refractivity contribution in [2.45, 2.75) is 12.8 Å². The lowest BCUT2D eigenvalue weighted by atomic mass is 10.0. The maximum Gasteiger partial charge on any atom is 0.419 e. The summed E-state index contributed by atoms with van der Waals surface area (Å²) in [6.07, 6.45) is 7.03. The Morgan fingerprint density at radius 1 is 1.19 bits per heavy atom. The molecule has 0 saturated heterocycles. The molecule has 0 atom stereocenters. The van der Waals surface area contributed by atoms with E-state index < -0.39 is 11.0 Å². The van der Waals surface area contributed by atoms with Crippen LogP contribution in [0.25, 0.3) is 0 Å². The second kappa shape index (κ2) is 11.1. The van der Waals surface area contributed by atoms with Crippen LogP contribution in [0, 0.1) is 10.1 Å². The quantitative estimate of drug-likeness (QED) is 0.324. The summed E-state index contributed by atoms with van der Waals surface area (Å²) >= 11 is 0. The zero-order valence-corrected chi connectivity index (χ0v) is 18.1. The van der Waals surface area contributed by atoms with Gasteiger partial charge in [-0.15, -0.1) is 6.58 Å². The Kier molecular flexibility index (Phi) is 7.99. The van der Waals surface area contributed by atoms with E-state index in [1.54, 1.807) is 4.90 Å². The molecule has 0 aliphatic carbocycles. The third-order valence-corrected chi connectivity index (χ3v) is 5.01. The summed E-state index contributed by atoms with van der Waals surface area (Å²) in [7, 11) is 2.02. The lowest BCUT2D eigenvalue weighted by molar-refractivity contribution is -0.384. The number of benzene rings is 2. The van der Waals surface area contributed by atoms with Gasteiger partial charge in [-0.25, -0.2) is 4.79 Å². The maximum atomic E-state index is 12.7. The molecule has 32 heavy (non-hydrogen) atoms. The first-order valence-electron chi connectivity index (χ1n) is 10.4. The molecule has 0 bridgehead atoms. The molecule has 0 unspecified atom stereocenters. The van der Waals surface area contributed by atoms with Gasteiger partial charge in [-0.1, -0.05) is 18.2 Å². The molecular weight excluding hydrogens is 410 g/mol. The van der Waals surface area contributed by atoms with E-state index in [2.05, 4.69) is 17.6 Å². The molecular formula is C24H27N3O5. The van der Waals surface area contributed by atoms with Crippen molar-refractivity contribution in [2.75, 3.05) is 38.2 Å². The van der Waals surface area contributed by atoms with Crippen LogP contribution in [0.5, 0.6) is 11.5 Å². The van der Waals surface area contributed by atoms with Gasteiger partial charge in [-0.3, -0.25) is 19.9 Å². The zero-order valence-electron chi connectivity index (χ0n) is 18.1. The summed E-state index contributed by atoms with van der Waals surface area (Å²) in [6.45, 7) is 6.38. The standard InChI is InChI=1S/C24H27N3O5/c1-3-14-25(2)15-4-5-17-31-22-12-13-23-19(18-22)7-6-16-26(23)24(28)32-21-10-8-20(9-11-21)27(29)30/h3-5,8-13,18H,1,6-7,14-17H2,2H3/b5-4+. The molecule has 0 saturated carbocycles. The average Bonchev–Trinajstić information content (AvgIpc) is 2.78. The number of ether oxygens (including phenoxy) is 2. The number of nitro groups is 1. The highest BCUT2D eigenvalue weighted by molar-refractivity contribution is 5.90. The van der Waals surface area contributed by atoms with Gasteiger partial charge in [0, 0.05) is 31.8 Å². The minimum atomic E-state index is -0.514. The molecule has 1 heterocycles. The van der Waals surface area contributed by atoms with Crippen LogP contribution < -0.4 is 14.4 Å². The Labute approximate surface area is 187 Å². The minimum Gasteiger partial charge on any atom is -0.490 e. The van der Waals surface area contributed by atoms with Crippen LogP contribution in [0.1, 0.15) is 12.0 Å². The zero-order chi connectivity index (χ0) is 22.9. The van der Waals surface area contributed by atoms with E-state index in [0.717, 1.165) is 42.9 Å². The molecule has 1 amide bonds. The number of nitrogens with zero attached hydrogens (tertiary/aromatic N) is 3. The van der Waals surface area contributed by atoms with Crippen molar-refractivity contribution in [1.29, 1.82) is 0 Å². The highest BCUT2D eigenvalue weighted by Crippen LogP contribution is 2.31. The van der Waals surface area contributed by atoms with E-state index in [-0.39, 0.29) is 11.4 Å². The highest BCUT2D eigenvalue weighted by atomic mass is 16.6. The number of fused-ring (bicyclic) bond motifs is 1. The summed E-state index contributed by atoms with van der Waals surface area (Å²) in [5.41, 5.74) is 1.75. The lowest BCUT2D eigenvalue weighted by Crippen LogP contribution is -2.37. The van der Waals surface area contributed by atoms with Crippen LogP contribution in [0.3, 0.4) is 0 Å². The van der Waals surface area contributed by atoms with Gasteiger partial charge in [-0.2, -0.15) is 0 Å². The number of anilines is 1. The molecule has 1 aliphatic heterocycles. The second-order valence-corrected chi connectivity index (χ2v) is 7.46. The van der Waals surface area contributed by atoms with E-state index in [1.807, 2.05) is 37.4 Å². The second-order valence-electron chi connectivity index (χ2n) is 7.46. The molecule has 3 rings (SSSR count). The number of carbonyl (C=O) groups excluding carboxylic acids is 1. The van der Waals surface area contributed by atoms with Gasteiger partial charge in [-0.05, 0) is 55.8 Å². The van der Waals surface area contributed by atoms with Gasteiger partial charge in [0.2, 0.25) is 0 Å². The first-order valence-corrected chi connectivity index (χ1v) is 10.4. The molecule has 0 fully saturated rings. The molecule has 2 aromatic carbocycles. The largest absolute Gasteiger partial charge is 0.490 e. The average molecular weight is 437 g/mol. The van der Waals surface area contributed by atoms with Crippen molar-refractivity contribution in [1.82, 2.24) is 4.90 Å². The number of carbonyl (C=O) groups is 1. The van der Waals surface area contributed by atoms with Crippen molar-refractivity contribution in [3.05, 3.63) is 82.9 Å². The number of non-ortho nitro benzene ring substituents is 1. The number of amides is 1. The molecule has 0 spiro atoms. The molecule has 8 heteroatoms. The topological polar surface area (TPSA) is 85.2 Å². The Bertz CT molecular complexity index is 988. The first kappa shape index (κ1) is 23.0. The fourth-order valence-corrected chi connectivity index (χ4v) is 3.41. The van der Waals surface area contributed by atoms with Crippen LogP contribution in [0.2, 0.25) is 0 Å². The van der Waals surface area contributed by atoms with E-state index in [4.69, 9.17) is 9.47 Å². The Balaban J connectivity index is 1.59. The Hall–Kier alpha value is -3.65. The van der Waals surface area contributed by atoms with Gasteiger partial charge >= 0.3 is 6.09 Å². The molecule has 1 aliphatic rings. The molecule has 0 radical (unpaired) electrons. The van der Waals surface area contributed by atoms with Crippen molar-refractivity contribution in [3.8, 4) is 11.5 Å². The summed E-state index contributed by atoms with van der Waals surface area (Å²) in [5, 5.41) is 10.8. The van der Waals surface area contributed by atoms with Gasteiger partial charge in [0.05, 0.1) is 10.6 Å².